The van der Waals surface area contributed by atoms with Crippen LogP contribution < -0.4 is 5.56 Å². The van der Waals surface area contributed by atoms with Crippen molar-refractivity contribution < 1.29 is 14.3 Å². The molecule has 184 valence electrons. The number of piperazine rings is 1. The zero-order chi connectivity index (χ0) is 24.5. The van der Waals surface area contributed by atoms with Crippen molar-refractivity contribution in [3.05, 3.63) is 55.7 Å². The van der Waals surface area contributed by atoms with Gasteiger partial charge in [0.2, 0.25) is 0 Å². The quantitative estimate of drug-likeness (QED) is 0.542. The third-order valence-corrected chi connectivity index (χ3v) is 7.89. The van der Waals surface area contributed by atoms with Crippen LogP contribution in [0.1, 0.15) is 62.6 Å². The molecule has 35 heavy (non-hydrogen) atoms. The fourth-order valence-electron chi connectivity index (χ4n) is 4.87. The van der Waals surface area contributed by atoms with E-state index < -0.39 is 5.97 Å². The molecule has 0 spiro atoms. The molecular formula is C25H29N5O4S. The summed E-state index contributed by atoms with van der Waals surface area (Å²) >= 11 is 1.66. The molecule has 1 aliphatic heterocycles. The molecule has 0 bridgehead atoms. The number of pyridine rings is 1. The van der Waals surface area contributed by atoms with Crippen molar-refractivity contribution in [2.24, 2.45) is 0 Å². The minimum atomic E-state index is -0.433. The molecule has 1 saturated heterocycles. The minimum Gasteiger partial charge on any atom is -0.462 e. The lowest BCUT2D eigenvalue weighted by Crippen LogP contribution is -2.48. The number of hydrogen-bond acceptors (Lipinski definition) is 8. The summed E-state index contributed by atoms with van der Waals surface area (Å²) in [6.45, 7) is 6.74. The number of carbonyl (C=O) groups excluding carboxylic acids is 2. The third kappa shape index (κ3) is 4.72. The first kappa shape index (κ1) is 23.6. The van der Waals surface area contributed by atoms with Crippen LogP contribution in [0.5, 0.6) is 0 Å². The van der Waals surface area contributed by atoms with Crippen LogP contribution in [0.4, 0.5) is 0 Å². The molecule has 0 saturated carbocycles. The molecule has 3 aromatic rings. The summed E-state index contributed by atoms with van der Waals surface area (Å²) in [4.78, 5) is 56.0. The molecule has 2 aliphatic rings. The highest BCUT2D eigenvalue weighted by Crippen LogP contribution is 2.33. The molecule has 10 heteroatoms. The second-order valence-corrected chi connectivity index (χ2v) is 10.1. The third-order valence-electron chi connectivity index (χ3n) is 6.71. The first-order chi connectivity index (χ1) is 16.9. The molecule has 4 heterocycles. The Hall–Kier alpha value is -3.11. The molecule has 9 nitrogen and oxygen atoms in total. The van der Waals surface area contributed by atoms with Gasteiger partial charge in [-0.15, -0.1) is 11.3 Å². The summed E-state index contributed by atoms with van der Waals surface area (Å²) in [5.41, 5.74) is 2.34. The van der Waals surface area contributed by atoms with Crippen molar-refractivity contribution >= 4 is 33.4 Å². The van der Waals surface area contributed by atoms with E-state index in [1.165, 1.54) is 16.9 Å². The predicted octanol–water partition coefficient (Wildman–Crippen LogP) is 2.70. The molecule has 1 aliphatic carbocycles. The summed E-state index contributed by atoms with van der Waals surface area (Å²) in [5, 5.41) is 0.778. The van der Waals surface area contributed by atoms with Gasteiger partial charge in [-0.3, -0.25) is 14.5 Å². The zero-order valence-corrected chi connectivity index (χ0v) is 20.9. The molecule has 0 unspecified atom stereocenters. The number of esters is 1. The van der Waals surface area contributed by atoms with E-state index in [-0.39, 0.29) is 18.1 Å². The van der Waals surface area contributed by atoms with Crippen LogP contribution in [-0.2, 0) is 24.1 Å². The molecule has 1 amide bonds. The largest absolute Gasteiger partial charge is 0.462 e. The topological polar surface area (TPSA) is 108 Å². The van der Waals surface area contributed by atoms with Crippen molar-refractivity contribution in [1.29, 1.82) is 0 Å². The van der Waals surface area contributed by atoms with E-state index in [9.17, 15) is 14.4 Å². The summed E-state index contributed by atoms with van der Waals surface area (Å²) in [6.07, 6.45) is 4.32. The van der Waals surface area contributed by atoms with Gasteiger partial charge in [0.15, 0.2) is 0 Å². The molecular weight excluding hydrogens is 466 g/mol. The Morgan fingerprint density at radius 2 is 1.89 bits per heavy atom. The van der Waals surface area contributed by atoms with Gasteiger partial charge in [0.1, 0.15) is 16.3 Å². The van der Waals surface area contributed by atoms with Gasteiger partial charge < -0.3 is 14.6 Å². The number of hydrogen-bond donors (Lipinski definition) is 1. The smallest absolute Gasteiger partial charge is 0.339 e. The molecule has 0 radical (unpaired) electrons. The number of carbonyl (C=O) groups is 2. The van der Waals surface area contributed by atoms with Crippen LogP contribution in [0.3, 0.4) is 0 Å². The van der Waals surface area contributed by atoms with Crippen LogP contribution >= 0.6 is 11.3 Å². The first-order valence-electron chi connectivity index (χ1n) is 12.1. The highest BCUT2D eigenvalue weighted by molar-refractivity contribution is 7.18. The summed E-state index contributed by atoms with van der Waals surface area (Å²) < 4.78 is 5.03. The van der Waals surface area contributed by atoms with Gasteiger partial charge in [0.25, 0.3) is 11.5 Å². The van der Waals surface area contributed by atoms with Crippen molar-refractivity contribution in [2.45, 2.75) is 46.1 Å². The Balaban J connectivity index is 1.22. The second-order valence-electron chi connectivity index (χ2n) is 9.02. The van der Waals surface area contributed by atoms with Crippen molar-refractivity contribution in [3.8, 4) is 0 Å². The Kier molecular flexibility index (Phi) is 6.66. The number of ether oxygens (including phenoxy) is 1. The average molecular weight is 496 g/mol. The molecule has 1 fully saturated rings. The van der Waals surface area contributed by atoms with E-state index in [0.717, 1.165) is 29.5 Å². The van der Waals surface area contributed by atoms with Crippen molar-refractivity contribution in [2.75, 3.05) is 32.8 Å². The van der Waals surface area contributed by atoms with E-state index in [2.05, 4.69) is 14.9 Å². The lowest BCUT2D eigenvalue weighted by atomic mass is 9.97. The lowest BCUT2D eigenvalue weighted by molar-refractivity contribution is 0.0522. The Morgan fingerprint density at radius 1 is 1.11 bits per heavy atom. The van der Waals surface area contributed by atoms with Crippen molar-refractivity contribution in [3.63, 3.8) is 0 Å². The van der Waals surface area contributed by atoms with Crippen LogP contribution in [0.15, 0.2) is 16.9 Å². The van der Waals surface area contributed by atoms with E-state index in [0.29, 0.717) is 55.5 Å². The molecule has 3 aromatic heterocycles. The number of aryl methyl sites for hydroxylation is 3. The lowest BCUT2D eigenvalue weighted by Gasteiger charge is -2.34. The fourth-order valence-corrected chi connectivity index (χ4v) is 6.15. The minimum absolute atomic E-state index is 0.0362. The van der Waals surface area contributed by atoms with Gasteiger partial charge in [-0.05, 0) is 57.2 Å². The number of thiophene rings is 1. The van der Waals surface area contributed by atoms with Gasteiger partial charge in [0.05, 0.1) is 29.8 Å². The van der Waals surface area contributed by atoms with Crippen molar-refractivity contribution in [1.82, 2.24) is 24.8 Å². The van der Waals surface area contributed by atoms with Crippen LogP contribution in [0.25, 0.3) is 10.2 Å². The van der Waals surface area contributed by atoms with Gasteiger partial charge in [-0.25, -0.2) is 14.8 Å². The maximum atomic E-state index is 13.0. The van der Waals surface area contributed by atoms with Crippen LogP contribution in [0.2, 0.25) is 0 Å². The van der Waals surface area contributed by atoms with Gasteiger partial charge in [-0.1, -0.05) is 0 Å². The normalized spacial score (nSPS) is 16.3. The molecule has 0 aromatic carbocycles. The Labute approximate surface area is 207 Å². The maximum absolute atomic E-state index is 13.0. The monoisotopic (exact) mass is 495 g/mol. The number of rotatable bonds is 5. The highest BCUT2D eigenvalue weighted by Gasteiger charge is 2.25. The Bertz CT molecular complexity index is 1340. The molecule has 0 atom stereocenters. The number of H-pyrrole nitrogens is 1. The van der Waals surface area contributed by atoms with E-state index in [1.54, 1.807) is 42.2 Å². The fraction of sp³-hybridized carbons (Fsp3) is 0.480. The van der Waals surface area contributed by atoms with Gasteiger partial charge in [-0.2, -0.15) is 0 Å². The summed E-state index contributed by atoms with van der Waals surface area (Å²) in [6, 6.07) is 3.18. The highest BCUT2D eigenvalue weighted by atomic mass is 32.1. The Morgan fingerprint density at radius 3 is 2.63 bits per heavy atom. The molecule has 1 N–H and O–H groups in total. The average Bonchev–Trinajstić information content (AvgIpc) is 3.23. The van der Waals surface area contributed by atoms with E-state index in [4.69, 9.17) is 9.72 Å². The number of aromatic amines is 1. The summed E-state index contributed by atoms with van der Waals surface area (Å²) in [7, 11) is 0. The number of nitrogens with zero attached hydrogens (tertiary/aromatic N) is 4. The summed E-state index contributed by atoms with van der Waals surface area (Å²) in [5.74, 6) is 0.0886. The van der Waals surface area contributed by atoms with Gasteiger partial charge in [0, 0.05) is 31.1 Å². The number of fused-ring (bicyclic) bond motifs is 3. The first-order valence-corrected chi connectivity index (χ1v) is 13.0. The molecule has 5 rings (SSSR count). The second kappa shape index (κ2) is 9.87. The van der Waals surface area contributed by atoms with Crippen LogP contribution in [0, 0.1) is 6.92 Å². The zero-order valence-electron chi connectivity index (χ0n) is 20.1. The predicted molar refractivity (Wildman–Crippen MR) is 133 cm³/mol. The maximum Gasteiger partial charge on any atom is 0.339 e. The van der Waals surface area contributed by atoms with E-state index >= 15 is 0 Å². The van der Waals surface area contributed by atoms with Gasteiger partial charge >= 0.3 is 5.97 Å². The number of aromatic nitrogens is 3. The SMILES string of the molecule is CCOC(=O)c1ccc(C(=O)N2CCN(Cc3nc4sc5c(c4c(=O)[nH]3)CCCC5)CC2)nc1C. The van der Waals surface area contributed by atoms with Crippen LogP contribution in [-0.4, -0.2) is 69.4 Å². The number of nitrogens with one attached hydrogen (secondary N) is 1. The standard InChI is InChI=1S/C25H29N5O4S/c1-3-34-25(33)16-8-9-18(26-15(16)2)24(32)30-12-10-29(11-13-30)14-20-27-22(31)21-17-6-4-5-7-19(17)35-23(21)28-20/h8-9H,3-7,10-14H2,1-2H3,(H,27,28,31). The number of amides is 1. The van der Waals surface area contributed by atoms with E-state index in [1.807, 2.05) is 0 Å².